The van der Waals surface area contributed by atoms with Gasteiger partial charge in [0.1, 0.15) is 0 Å². The van der Waals surface area contributed by atoms with Crippen LogP contribution in [0.1, 0.15) is 20.8 Å². The summed E-state index contributed by atoms with van der Waals surface area (Å²) >= 11 is 0. The molecular weight excluding hydrogens is 263 g/mol. The molecule has 1 unspecified atom stereocenters. The Bertz CT molecular complexity index is 472. The first kappa shape index (κ1) is 16.2. The van der Waals surface area contributed by atoms with Crippen molar-refractivity contribution in [3.05, 3.63) is 24.0 Å². The Kier molecular flexibility index (Phi) is 5.33. The molecule has 0 heterocycles. The summed E-state index contributed by atoms with van der Waals surface area (Å²) in [6.45, 7) is 5.73. The third-order valence-corrected chi connectivity index (χ3v) is 2.87. The molecule has 0 spiro atoms. The van der Waals surface area contributed by atoms with Crippen LogP contribution in [-0.2, 0) is 0 Å². The van der Waals surface area contributed by atoms with E-state index in [1.54, 1.807) is 0 Å². The Morgan fingerprint density at radius 3 is 2.60 bits per heavy atom. The molecule has 0 aromatic heterocycles. The van der Waals surface area contributed by atoms with Gasteiger partial charge in [0.15, 0.2) is 11.6 Å². The van der Waals surface area contributed by atoms with Crippen LogP contribution in [0.4, 0.5) is 14.9 Å². The van der Waals surface area contributed by atoms with Crippen LogP contribution in [-0.4, -0.2) is 30.9 Å². The van der Waals surface area contributed by atoms with E-state index < -0.39 is 18.0 Å². The number of hydrogen-bond acceptors (Lipinski definition) is 3. The summed E-state index contributed by atoms with van der Waals surface area (Å²) in [6, 6.07) is 3.62. The molecule has 0 aliphatic rings. The van der Waals surface area contributed by atoms with Crippen molar-refractivity contribution in [1.29, 1.82) is 0 Å². The normalized spacial score (nSPS) is 12.7. The molecule has 112 valence electrons. The van der Waals surface area contributed by atoms with Crippen molar-refractivity contribution < 1.29 is 19.0 Å². The number of carbonyl (C=O) groups excluding carboxylic acids is 1. The lowest BCUT2D eigenvalue weighted by Gasteiger charge is -2.25. The van der Waals surface area contributed by atoms with Crippen LogP contribution in [0.25, 0.3) is 0 Å². The molecule has 0 fully saturated rings. The van der Waals surface area contributed by atoms with E-state index in [1.165, 1.54) is 25.3 Å². The van der Waals surface area contributed by atoms with Crippen LogP contribution < -0.4 is 15.4 Å². The fourth-order valence-corrected chi connectivity index (χ4v) is 1.41. The van der Waals surface area contributed by atoms with Crippen molar-refractivity contribution >= 4 is 11.7 Å². The van der Waals surface area contributed by atoms with Crippen molar-refractivity contribution in [2.24, 2.45) is 5.41 Å². The number of anilines is 1. The minimum Gasteiger partial charge on any atom is -0.494 e. The van der Waals surface area contributed by atoms with Crippen LogP contribution >= 0.6 is 0 Å². The molecule has 2 amide bonds. The Hall–Kier alpha value is -1.82. The third kappa shape index (κ3) is 4.70. The molecule has 0 bridgehead atoms. The third-order valence-electron chi connectivity index (χ3n) is 2.87. The number of urea groups is 1. The number of hydrogen-bond donors (Lipinski definition) is 3. The number of halogens is 1. The maximum atomic E-state index is 13.4. The summed E-state index contributed by atoms with van der Waals surface area (Å²) < 4.78 is 18.2. The maximum absolute atomic E-state index is 13.4. The fraction of sp³-hybridized carbons (Fsp3) is 0.500. The van der Waals surface area contributed by atoms with Gasteiger partial charge in [0.25, 0.3) is 0 Å². The van der Waals surface area contributed by atoms with Crippen molar-refractivity contribution in [2.75, 3.05) is 19.0 Å². The lowest BCUT2D eigenvalue weighted by molar-refractivity contribution is 0.0654. The van der Waals surface area contributed by atoms with E-state index in [0.717, 1.165) is 0 Å². The second-order valence-corrected chi connectivity index (χ2v) is 5.57. The predicted octanol–water partition coefficient (Wildman–Crippen LogP) is 2.36. The number of amides is 2. The van der Waals surface area contributed by atoms with E-state index in [4.69, 9.17) is 4.74 Å². The molecule has 20 heavy (non-hydrogen) atoms. The summed E-state index contributed by atoms with van der Waals surface area (Å²) in [6.07, 6.45) is -0.666. The van der Waals surface area contributed by atoms with Gasteiger partial charge < -0.3 is 20.5 Å². The van der Waals surface area contributed by atoms with E-state index in [1.807, 2.05) is 20.8 Å². The van der Waals surface area contributed by atoms with Gasteiger partial charge in [-0.1, -0.05) is 20.8 Å². The summed E-state index contributed by atoms with van der Waals surface area (Å²) in [5.41, 5.74) is -0.00878. The van der Waals surface area contributed by atoms with Crippen LogP contribution in [0.3, 0.4) is 0 Å². The first-order chi connectivity index (χ1) is 9.24. The highest BCUT2D eigenvalue weighted by molar-refractivity contribution is 5.89. The largest absolute Gasteiger partial charge is 0.494 e. The van der Waals surface area contributed by atoms with E-state index >= 15 is 0 Å². The van der Waals surface area contributed by atoms with Crippen LogP contribution in [0.15, 0.2) is 18.2 Å². The molecule has 1 aromatic carbocycles. The van der Waals surface area contributed by atoms with Gasteiger partial charge in [-0.3, -0.25) is 0 Å². The number of nitrogens with one attached hydrogen (secondary N) is 2. The molecule has 0 aliphatic carbocycles. The quantitative estimate of drug-likeness (QED) is 0.795. The lowest BCUT2D eigenvalue weighted by atomic mass is 9.89. The fourth-order valence-electron chi connectivity index (χ4n) is 1.41. The van der Waals surface area contributed by atoms with Crippen molar-refractivity contribution in [3.8, 4) is 5.75 Å². The summed E-state index contributed by atoms with van der Waals surface area (Å²) in [5, 5.41) is 14.8. The SMILES string of the molecule is COc1ccc(NC(=O)NCC(O)C(C)(C)C)cc1F. The maximum Gasteiger partial charge on any atom is 0.319 e. The summed E-state index contributed by atoms with van der Waals surface area (Å²) in [7, 11) is 1.37. The molecule has 6 heteroatoms. The number of methoxy groups -OCH3 is 1. The van der Waals surface area contributed by atoms with Crippen molar-refractivity contribution in [1.82, 2.24) is 5.32 Å². The lowest BCUT2D eigenvalue weighted by Crippen LogP contribution is -2.40. The highest BCUT2D eigenvalue weighted by Crippen LogP contribution is 2.21. The van der Waals surface area contributed by atoms with Crippen LogP contribution in [0.2, 0.25) is 0 Å². The number of rotatable bonds is 4. The van der Waals surface area contributed by atoms with Gasteiger partial charge in [-0.2, -0.15) is 0 Å². The van der Waals surface area contributed by atoms with E-state index in [9.17, 15) is 14.3 Å². The Morgan fingerprint density at radius 2 is 2.10 bits per heavy atom. The van der Waals surface area contributed by atoms with Gasteiger partial charge in [-0.25, -0.2) is 9.18 Å². The molecular formula is C14H21FN2O3. The molecule has 5 nitrogen and oxygen atoms in total. The Balaban J connectivity index is 2.53. The molecule has 1 atom stereocenters. The highest BCUT2D eigenvalue weighted by atomic mass is 19.1. The van der Waals surface area contributed by atoms with Crippen molar-refractivity contribution in [2.45, 2.75) is 26.9 Å². The number of ether oxygens (including phenoxy) is 1. The minimum atomic E-state index is -0.666. The van der Waals surface area contributed by atoms with Crippen LogP contribution in [0.5, 0.6) is 5.75 Å². The zero-order valence-corrected chi connectivity index (χ0v) is 12.2. The molecule has 3 N–H and O–H groups in total. The highest BCUT2D eigenvalue weighted by Gasteiger charge is 2.22. The standard InChI is InChI=1S/C14H21FN2O3/c1-14(2,3)12(18)8-16-13(19)17-9-5-6-11(20-4)10(15)7-9/h5-7,12,18H,8H2,1-4H3,(H2,16,17,19). The van der Waals surface area contributed by atoms with Gasteiger partial charge in [0.2, 0.25) is 0 Å². The molecule has 0 saturated carbocycles. The zero-order chi connectivity index (χ0) is 15.3. The van der Waals surface area contributed by atoms with Gasteiger partial charge in [0.05, 0.1) is 13.2 Å². The number of benzene rings is 1. The first-order valence-electron chi connectivity index (χ1n) is 6.30. The number of aliphatic hydroxyl groups is 1. The van der Waals surface area contributed by atoms with E-state index in [0.29, 0.717) is 5.69 Å². The Labute approximate surface area is 118 Å². The second kappa shape index (κ2) is 6.56. The molecule has 0 saturated heterocycles. The summed E-state index contributed by atoms with van der Waals surface area (Å²) in [4.78, 5) is 11.6. The van der Waals surface area contributed by atoms with E-state index in [2.05, 4.69) is 10.6 Å². The van der Waals surface area contributed by atoms with Crippen LogP contribution in [0, 0.1) is 11.2 Å². The average Bonchev–Trinajstić information content (AvgIpc) is 2.35. The van der Waals surface area contributed by atoms with Crippen molar-refractivity contribution in [3.63, 3.8) is 0 Å². The molecule has 0 radical (unpaired) electrons. The molecule has 0 aliphatic heterocycles. The number of carbonyl (C=O) groups is 1. The Morgan fingerprint density at radius 1 is 1.45 bits per heavy atom. The monoisotopic (exact) mass is 284 g/mol. The molecule has 1 rings (SSSR count). The minimum absolute atomic E-state index is 0.110. The van der Waals surface area contributed by atoms with Gasteiger partial charge >= 0.3 is 6.03 Å². The van der Waals surface area contributed by atoms with E-state index in [-0.39, 0.29) is 17.7 Å². The summed E-state index contributed by atoms with van der Waals surface area (Å²) in [5.74, 6) is -0.445. The number of aliphatic hydroxyl groups excluding tert-OH is 1. The topological polar surface area (TPSA) is 70.6 Å². The van der Waals surface area contributed by atoms with Gasteiger partial charge in [-0.05, 0) is 17.5 Å². The van der Waals surface area contributed by atoms with Gasteiger partial charge in [0, 0.05) is 18.3 Å². The first-order valence-corrected chi connectivity index (χ1v) is 6.30. The second-order valence-electron chi connectivity index (χ2n) is 5.57. The van der Waals surface area contributed by atoms with Gasteiger partial charge in [-0.15, -0.1) is 0 Å². The average molecular weight is 284 g/mol. The predicted molar refractivity (Wildman–Crippen MR) is 75.4 cm³/mol. The zero-order valence-electron chi connectivity index (χ0n) is 12.2. The smallest absolute Gasteiger partial charge is 0.319 e. The molecule has 1 aromatic rings.